The number of nitrogens with zero attached hydrogens (tertiary/aromatic N) is 2. The summed E-state index contributed by atoms with van der Waals surface area (Å²) in [5.41, 5.74) is 4.14. The lowest BCUT2D eigenvalue weighted by molar-refractivity contribution is -0.160. The molecule has 0 aromatic carbocycles. The summed E-state index contributed by atoms with van der Waals surface area (Å²) < 4.78 is 33.0. The first-order valence-electron chi connectivity index (χ1n) is 9.27. The van der Waals surface area contributed by atoms with E-state index in [-0.39, 0.29) is 12.4 Å². The topological polar surface area (TPSA) is 152 Å². The number of carbonyl (C=O) groups excluding carboxylic acids is 1. The zero-order chi connectivity index (χ0) is 22.2. The Balaban J connectivity index is 0.00000204. The third-order valence-corrected chi connectivity index (χ3v) is 4.60. The Morgan fingerprint density at radius 1 is 1.38 bits per heavy atom. The second-order valence-electron chi connectivity index (χ2n) is 7.03. The van der Waals surface area contributed by atoms with Crippen molar-refractivity contribution in [3.05, 3.63) is 22.7 Å². The highest BCUT2D eigenvalue weighted by molar-refractivity contribution is 7.47. The predicted octanol–water partition coefficient (Wildman–Crippen LogP) is 2.21. The van der Waals surface area contributed by atoms with E-state index in [9.17, 15) is 19.0 Å². The fraction of sp³-hybridized carbons (Fsp3) is 0.706. The van der Waals surface area contributed by atoms with Gasteiger partial charge in [0.2, 0.25) is 6.79 Å². The van der Waals surface area contributed by atoms with E-state index in [4.69, 9.17) is 19.7 Å². The van der Waals surface area contributed by atoms with Crippen LogP contribution in [-0.2, 0) is 27.9 Å². The molecule has 1 fully saturated rings. The van der Waals surface area contributed by atoms with Gasteiger partial charge in [-0.3, -0.25) is 13.9 Å². The molecule has 2 rings (SSSR count). The third-order valence-electron chi connectivity index (χ3n) is 3.69. The minimum absolute atomic E-state index is 0.111. The van der Waals surface area contributed by atoms with Gasteiger partial charge in [-0.15, -0.1) is 0 Å². The molecule has 166 valence electrons. The van der Waals surface area contributed by atoms with Crippen LogP contribution in [0.2, 0.25) is 0 Å². The molecule has 1 saturated heterocycles. The minimum Gasteiger partial charge on any atom is -0.437 e. The molecule has 1 aliphatic rings. The molecule has 2 heterocycles. The Kier molecular flexibility index (Phi) is 9.44. The highest BCUT2D eigenvalue weighted by Gasteiger charge is 2.31. The third kappa shape index (κ3) is 8.23. The van der Waals surface area contributed by atoms with Crippen LogP contribution in [0.25, 0.3) is 0 Å². The molecule has 0 saturated carbocycles. The van der Waals surface area contributed by atoms with Crippen molar-refractivity contribution in [2.75, 3.05) is 19.1 Å². The number of nitrogens with two attached hydrogens (primary N) is 1. The molecule has 11 nitrogen and oxygen atoms in total. The summed E-state index contributed by atoms with van der Waals surface area (Å²) in [6, 6.07) is 1.48. The molecule has 3 unspecified atom stereocenters. The maximum atomic E-state index is 11.8. The molecule has 12 heteroatoms. The van der Waals surface area contributed by atoms with Crippen molar-refractivity contribution in [2.24, 2.45) is 5.41 Å². The molecular formula is C17H30N3O8P. The second kappa shape index (κ2) is 10.8. The molecule has 3 N–H and O–H groups in total. The fourth-order valence-electron chi connectivity index (χ4n) is 2.24. The van der Waals surface area contributed by atoms with Crippen molar-refractivity contribution in [2.45, 2.75) is 59.8 Å². The van der Waals surface area contributed by atoms with Crippen LogP contribution < -0.4 is 11.4 Å². The number of ether oxygens (including phenoxy) is 2. The van der Waals surface area contributed by atoms with Crippen molar-refractivity contribution in [1.29, 1.82) is 0 Å². The number of anilines is 1. The predicted molar refractivity (Wildman–Crippen MR) is 105 cm³/mol. The molecule has 0 radical (unpaired) electrons. The van der Waals surface area contributed by atoms with Crippen molar-refractivity contribution >= 4 is 19.6 Å². The van der Waals surface area contributed by atoms with Crippen LogP contribution in [0.4, 0.5) is 5.82 Å². The Bertz CT molecular complexity index is 777. The van der Waals surface area contributed by atoms with Gasteiger partial charge < -0.3 is 20.1 Å². The van der Waals surface area contributed by atoms with E-state index < -0.39 is 44.0 Å². The highest BCUT2D eigenvalue weighted by Crippen LogP contribution is 2.44. The number of nitrogen functional groups attached to an aromatic ring is 1. The van der Waals surface area contributed by atoms with E-state index in [0.717, 1.165) is 0 Å². The quantitative estimate of drug-likeness (QED) is 0.370. The molecule has 0 amide bonds. The van der Waals surface area contributed by atoms with Crippen molar-refractivity contribution in [3.63, 3.8) is 0 Å². The molecule has 29 heavy (non-hydrogen) atoms. The van der Waals surface area contributed by atoms with Gasteiger partial charge in [-0.2, -0.15) is 4.98 Å². The second-order valence-corrected chi connectivity index (χ2v) is 8.48. The van der Waals surface area contributed by atoms with Gasteiger partial charge in [0.05, 0.1) is 18.1 Å². The van der Waals surface area contributed by atoms with E-state index in [2.05, 4.69) is 9.51 Å². The molecule has 3 atom stereocenters. The average Bonchev–Trinajstić information content (AvgIpc) is 3.09. The van der Waals surface area contributed by atoms with Gasteiger partial charge in [0.15, 0.2) is 0 Å². The molecule has 1 aromatic heterocycles. The lowest BCUT2D eigenvalue weighted by atomic mass is 9.98. The lowest BCUT2D eigenvalue weighted by Crippen LogP contribution is -2.27. The molecule has 0 bridgehead atoms. The van der Waals surface area contributed by atoms with Crippen molar-refractivity contribution < 1.29 is 32.8 Å². The molecule has 0 spiro atoms. The summed E-state index contributed by atoms with van der Waals surface area (Å²) in [6.07, 6.45) is 1.40. The van der Waals surface area contributed by atoms with E-state index in [1.54, 1.807) is 20.8 Å². The van der Waals surface area contributed by atoms with Crippen LogP contribution in [-0.4, -0.2) is 39.9 Å². The summed E-state index contributed by atoms with van der Waals surface area (Å²) >= 11 is 0. The number of rotatable bonds is 7. The van der Waals surface area contributed by atoms with Crippen LogP contribution >= 0.6 is 7.82 Å². The normalized spacial score (nSPS) is 21.0. The number of carbonyl (C=O) groups is 1. The Hall–Kier alpha value is -1.78. The molecule has 1 aliphatic heterocycles. The maximum absolute atomic E-state index is 11.8. The van der Waals surface area contributed by atoms with Crippen LogP contribution in [0.3, 0.4) is 0 Å². The average molecular weight is 435 g/mol. The van der Waals surface area contributed by atoms with E-state index in [0.29, 0.717) is 12.8 Å². The summed E-state index contributed by atoms with van der Waals surface area (Å²) in [5, 5.41) is 0. The van der Waals surface area contributed by atoms with Gasteiger partial charge in [-0.05, 0) is 39.7 Å². The van der Waals surface area contributed by atoms with Gasteiger partial charge in [0.25, 0.3) is 0 Å². The number of phosphoric ester groups is 1. The van der Waals surface area contributed by atoms with Crippen LogP contribution in [0.15, 0.2) is 17.1 Å². The van der Waals surface area contributed by atoms with E-state index in [1.165, 1.54) is 16.8 Å². The summed E-state index contributed by atoms with van der Waals surface area (Å²) in [6.45, 7) is 7.99. The standard InChI is InChI=1S/C15H24N3O8P.C2H6/c1-15(2,3)13(19)23-9-25-27(21,22)24-8-10-4-5-12(26-10)18-7-6-11(16)17-14(18)20;1-2/h6-7,10,12H,4-5,8-9H2,1-3H3,(H,21,22)(H2,16,17,20);1-2H3. The van der Waals surface area contributed by atoms with Crippen LogP contribution in [0.1, 0.15) is 53.7 Å². The monoisotopic (exact) mass is 435 g/mol. The van der Waals surface area contributed by atoms with Crippen molar-refractivity contribution in [1.82, 2.24) is 9.55 Å². The Morgan fingerprint density at radius 2 is 2.03 bits per heavy atom. The number of phosphoric acid groups is 1. The van der Waals surface area contributed by atoms with Crippen LogP contribution in [0.5, 0.6) is 0 Å². The highest BCUT2D eigenvalue weighted by atomic mass is 31.2. The number of hydrogen-bond donors (Lipinski definition) is 2. The zero-order valence-corrected chi connectivity index (χ0v) is 18.3. The summed E-state index contributed by atoms with van der Waals surface area (Å²) in [5.74, 6) is -0.466. The number of hydrogen-bond acceptors (Lipinski definition) is 9. The minimum atomic E-state index is -4.42. The summed E-state index contributed by atoms with van der Waals surface area (Å²) in [7, 11) is -4.42. The molecule has 0 aliphatic carbocycles. The lowest BCUT2D eigenvalue weighted by Gasteiger charge is -2.19. The zero-order valence-electron chi connectivity index (χ0n) is 17.4. The van der Waals surface area contributed by atoms with Crippen molar-refractivity contribution in [3.8, 4) is 0 Å². The van der Waals surface area contributed by atoms with Crippen LogP contribution in [0, 0.1) is 5.41 Å². The smallest absolute Gasteiger partial charge is 0.437 e. The first kappa shape index (κ1) is 25.3. The van der Waals surface area contributed by atoms with Gasteiger partial charge >= 0.3 is 19.5 Å². The summed E-state index contributed by atoms with van der Waals surface area (Å²) in [4.78, 5) is 36.6. The fourth-order valence-corrected chi connectivity index (χ4v) is 2.85. The van der Waals surface area contributed by atoms with E-state index in [1.807, 2.05) is 13.8 Å². The largest absolute Gasteiger partial charge is 0.475 e. The Morgan fingerprint density at radius 3 is 2.62 bits per heavy atom. The SMILES string of the molecule is CC.CC(C)(C)C(=O)OCOP(=O)(O)OCC1CCC(n2ccc(N)nc2=O)O1. The number of aromatic nitrogens is 2. The van der Waals surface area contributed by atoms with Gasteiger partial charge in [0.1, 0.15) is 12.0 Å². The van der Waals surface area contributed by atoms with Gasteiger partial charge in [-0.25, -0.2) is 13.9 Å². The molecule has 1 aromatic rings. The first-order valence-corrected chi connectivity index (χ1v) is 10.8. The first-order chi connectivity index (χ1) is 13.5. The van der Waals surface area contributed by atoms with Gasteiger partial charge in [-0.1, -0.05) is 13.8 Å². The maximum Gasteiger partial charge on any atom is 0.475 e. The molecular weight excluding hydrogens is 405 g/mol. The number of esters is 1. The Labute approximate surface area is 169 Å². The van der Waals surface area contributed by atoms with E-state index >= 15 is 0 Å². The van der Waals surface area contributed by atoms with Gasteiger partial charge in [0, 0.05) is 6.20 Å².